The first kappa shape index (κ1) is 13.4. The van der Waals surface area contributed by atoms with Crippen LogP contribution in [0.3, 0.4) is 0 Å². The maximum absolute atomic E-state index is 11.9. The zero-order valence-corrected chi connectivity index (χ0v) is 11.4. The molecule has 1 fully saturated rings. The van der Waals surface area contributed by atoms with Crippen LogP contribution in [-0.2, 0) is 10.2 Å². The van der Waals surface area contributed by atoms with Gasteiger partial charge in [-0.25, -0.2) is 9.80 Å². The van der Waals surface area contributed by atoms with Crippen LogP contribution in [0.15, 0.2) is 24.3 Å². The van der Waals surface area contributed by atoms with Crippen LogP contribution in [0.4, 0.5) is 4.79 Å². The Morgan fingerprint density at radius 2 is 1.89 bits per heavy atom. The van der Waals surface area contributed by atoms with Crippen LogP contribution < -0.4 is 5.43 Å². The van der Waals surface area contributed by atoms with Gasteiger partial charge in [0.15, 0.2) is 0 Å². The fourth-order valence-electron chi connectivity index (χ4n) is 1.80. The number of carbonyl (C=O) groups is 2. The van der Waals surface area contributed by atoms with Crippen LogP contribution >= 0.6 is 0 Å². The van der Waals surface area contributed by atoms with Gasteiger partial charge in [0, 0.05) is 5.56 Å². The summed E-state index contributed by atoms with van der Waals surface area (Å²) in [6.07, 6.45) is -0.514. The summed E-state index contributed by atoms with van der Waals surface area (Å²) in [6, 6.07) is 7.38. The second-order valence-electron chi connectivity index (χ2n) is 5.53. The number of hydrogen-bond acceptors (Lipinski definition) is 3. The van der Waals surface area contributed by atoms with Crippen molar-refractivity contribution in [3.05, 3.63) is 35.4 Å². The molecule has 5 nitrogen and oxygen atoms in total. The standard InChI is InChI=1S/C14H18N2O3/c1-14(2,3)11-6-4-10(5-7-11)12(17)15-16-8-9-19-13(16)18/h4-7H,8-9H2,1-3H3,(H,15,17). The smallest absolute Gasteiger partial charge is 0.428 e. The Balaban J connectivity index is 2.05. The third-order valence-corrected chi connectivity index (χ3v) is 3.01. The molecule has 1 saturated heterocycles. The summed E-state index contributed by atoms with van der Waals surface area (Å²) in [7, 11) is 0. The lowest BCUT2D eigenvalue weighted by molar-refractivity contribution is 0.0831. The molecule has 0 spiro atoms. The number of hydrogen-bond donors (Lipinski definition) is 1. The third-order valence-electron chi connectivity index (χ3n) is 3.01. The van der Waals surface area contributed by atoms with Gasteiger partial charge in [0.05, 0.1) is 6.54 Å². The summed E-state index contributed by atoms with van der Waals surface area (Å²) < 4.78 is 4.74. The number of nitrogens with zero attached hydrogens (tertiary/aromatic N) is 1. The second-order valence-corrected chi connectivity index (χ2v) is 5.53. The van der Waals surface area contributed by atoms with Crippen molar-refractivity contribution in [2.24, 2.45) is 0 Å². The Hall–Kier alpha value is -2.04. The molecule has 2 rings (SSSR count). The SMILES string of the molecule is CC(C)(C)c1ccc(C(=O)NN2CCOC2=O)cc1. The molecule has 1 aliphatic heterocycles. The van der Waals surface area contributed by atoms with Gasteiger partial charge in [-0.15, -0.1) is 0 Å². The summed E-state index contributed by atoms with van der Waals surface area (Å²) in [4.78, 5) is 23.2. The van der Waals surface area contributed by atoms with Crippen molar-refractivity contribution in [3.63, 3.8) is 0 Å². The molecule has 1 aromatic carbocycles. The second kappa shape index (κ2) is 4.91. The minimum atomic E-state index is -0.514. The number of hydrazine groups is 1. The van der Waals surface area contributed by atoms with Crippen LogP contribution in [0.2, 0.25) is 0 Å². The van der Waals surface area contributed by atoms with Gasteiger partial charge in [-0.1, -0.05) is 32.9 Å². The van der Waals surface area contributed by atoms with Crippen molar-refractivity contribution in [1.82, 2.24) is 10.4 Å². The first-order valence-electron chi connectivity index (χ1n) is 6.24. The van der Waals surface area contributed by atoms with Gasteiger partial charge < -0.3 is 4.74 Å². The number of cyclic esters (lactones) is 1. The van der Waals surface area contributed by atoms with Crippen molar-refractivity contribution in [3.8, 4) is 0 Å². The van der Waals surface area contributed by atoms with Crippen LogP contribution in [0, 0.1) is 0 Å². The molecule has 0 unspecified atom stereocenters. The van der Waals surface area contributed by atoms with Gasteiger partial charge in [-0.05, 0) is 23.1 Å². The van der Waals surface area contributed by atoms with E-state index in [4.69, 9.17) is 4.74 Å². The largest absolute Gasteiger partial charge is 0.446 e. The van der Waals surface area contributed by atoms with Crippen molar-refractivity contribution in [2.75, 3.05) is 13.2 Å². The molecule has 0 aliphatic carbocycles. The van der Waals surface area contributed by atoms with E-state index in [1.165, 1.54) is 5.01 Å². The highest BCUT2D eigenvalue weighted by Crippen LogP contribution is 2.22. The fraction of sp³-hybridized carbons (Fsp3) is 0.429. The van der Waals surface area contributed by atoms with Gasteiger partial charge >= 0.3 is 6.09 Å². The molecule has 19 heavy (non-hydrogen) atoms. The van der Waals surface area contributed by atoms with Crippen molar-refractivity contribution in [1.29, 1.82) is 0 Å². The first-order chi connectivity index (χ1) is 8.88. The fourth-order valence-corrected chi connectivity index (χ4v) is 1.80. The predicted molar refractivity (Wildman–Crippen MR) is 70.7 cm³/mol. The van der Waals surface area contributed by atoms with Crippen molar-refractivity contribution < 1.29 is 14.3 Å². The molecule has 5 heteroatoms. The van der Waals surface area contributed by atoms with E-state index in [0.717, 1.165) is 5.56 Å². The molecule has 1 N–H and O–H groups in total. The minimum Gasteiger partial charge on any atom is -0.446 e. The van der Waals surface area contributed by atoms with E-state index in [1.54, 1.807) is 12.1 Å². The molecular weight excluding hydrogens is 244 g/mol. The molecule has 0 radical (unpaired) electrons. The summed E-state index contributed by atoms with van der Waals surface area (Å²) >= 11 is 0. The van der Waals surface area contributed by atoms with Gasteiger partial charge in [0.25, 0.3) is 5.91 Å². The maximum atomic E-state index is 11.9. The van der Waals surface area contributed by atoms with E-state index in [1.807, 2.05) is 12.1 Å². The lowest BCUT2D eigenvalue weighted by Crippen LogP contribution is -2.42. The van der Waals surface area contributed by atoms with E-state index < -0.39 is 6.09 Å². The number of rotatable bonds is 2. The third kappa shape index (κ3) is 3.05. The molecule has 2 amide bonds. The van der Waals surface area contributed by atoms with Gasteiger partial charge in [0.2, 0.25) is 0 Å². The molecule has 1 aromatic rings. The highest BCUT2D eigenvalue weighted by molar-refractivity contribution is 5.95. The number of carbonyl (C=O) groups excluding carboxylic acids is 2. The number of ether oxygens (including phenoxy) is 1. The monoisotopic (exact) mass is 262 g/mol. The highest BCUT2D eigenvalue weighted by atomic mass is 16.6. The lowest BCUT2D eigenvalue weighted by Gasteiger charge is -2.19. The summed E-state index contributed by atoms with van der Waals surface area (Å²) in [5, 5.41) is 1.18. The Kier molecular flexibility index (Phi) is 3.46. The molecule has 0 atom stereocenters. The molecule has 1 heterocycles. The molecule has 102 valence electrons. The van der Waals surface area contributed by atoms with Crippen molar-refractivity contribution >= 4 is 12.0 Å². The zero-order valence-electron chi connectivity index (χ0n) is 11.4. The molecule has 0 bridgehead atoms. The predicted octanol–water partition coefficient (Wildman–Crippen LogP) is 2.08. The highest BCUT2D eigenvalue weighted by Gasteiger charge is 2.24. The maximum Gasteiger partial charge on any atom is 0.428 e. The minimum absolute atomic E-state index is 0.0494. The number of benzene rings is 1. The normalized spacial score (nSPS) is 15.3. The van der Waals surface area contributed by atoms with Crippen LogP contribution in [0.5, 0.6) is 0 Å². The Bertz CT molecular complexity index is 488. The summed E-state index contributed by atoms with van der Waals surface area (Å²) in [5.74, 6) is -0.306. The first-order valence-corrected chi connectivity index (χ1v) is 6.24. The van der Waals surface area contributed by atoms with E-state index in [-0.39, 0.29) is 11.3 Å². The number of amides is 2. The van der Waals surface area contributed by atoms with Crippen molar-refractivity contribution in [2.45, 2.75) is 26.2 Å². The Labute approximate surface area is 112 Å². The van der Waals surface area contributed by atoms with Gasteiger partial charge in [-0.3, -0.25) is 10.2 Å². The van der Waals surface area contributed by atoms with E-state index >= 15 is 0 Å². The van der Waals surface area contributed by atoms with E-state index in [9.17, 15) is 9.59 Å². The van der Waals surface area contributed by atoms with Crippen LogP contribution in [0.25, 0.3) is 0 Å². The van der Waals surface area contributed by atoms with Crippen LogP contribution in [0.1, 0.15) is 36.7 Å². The molecular formula is C14H18N2O3. The lowest BCUT2D eigenvalue weighted by atomic mass is 9.87. The summed E-state index contributed by atoms with van der Waals surface area (Å²) in [5.41, 5.74) is 4.25. The van der Waals surface area contributed by atoms with Gasteiger partial charge in [-0.2, -0.15) is 0 Å². The average Bonchev–Trinajstić information content (AvgIpc) is 2.74. The average molecular weight is 262 g/mol. The topological polar surface area (TPSA) is 58.6 Å². The van der Waals surface area contributed by atoms with Gasteiger partial charge in [0.1, 0.15) is 6.61 Å². The quantitative estimate of drug-likeness (QED) is 0.887. The number of nitrogens with one attached hydrogen (secondary N) is 1. The molecule has 0 saturated carbocycles. The Morgan fingerprint density at radius 1 is 1.26 bits per heavy atom. The molecule has 0 aromatic heterocycles. The molecule has 1 aliphatic rings. The van der Waals surface area contributed by atoms with Crippen LogP contribution in [-0.4, -0.2) is 30.2 Å². The zero-order chi connectivity index (χ0) is 14.0. The van der Waals surface area contributed by atoms with E-state index in [2.05, 4.69) is 26.2 Å². The van der Waals surface area contributed by atoms with E-state index in [0.29, 0.717) is 18.7 Å². The Morgan fingerprint density at radius 3 is 2.37 bits per heavy atom. The summed E-state index contributed by atoms with van der Waals surface area (Å²) in [6.45, 7) is 7.03.